The van der Waals surface area contributed by atoms with Crippen LogP contribution in [0, 0.1) is 29.4 Å². The molecule has 0 spiro atoms. The molecule has 1 saturated carbocycles. The number of benzene rings is 2. The molecule has 3 atom stereocenters. The van der Waals surface area contributed by atoms with Crippen molar-refractivity contribution in [3.05, 3.63) is 93.0 Å². The molecule has 2 aromatic carbocycles. The van der Waals surface area contributed by atoms with Gasteiger partial charge in [-0.25, -0.2) is 22.5 Å². The maximum absolute atomic E-state index is 15.4. The lowest BCUT2D eigenvalue weighted by molar-refractivity contribution is -0.123. The predicted molar refractivity (Wildman–Crippen MR) is 189 cm³/mol. The van der Waals surface area contributed by atoms with Crippen molar-refractivity contribution in [2.24, 2.45) is 13.0 Å². The van der Waals surface area contributed by atoms with Gasteiger partial charge in [0.1, 0.15) is 40.9 Å². The minimum Gasteiger partial charge on any atom is -0.378 e. The number of pyridine rings is 1. The Morgan fingerprint density at radius 2 is 1.76 bits per heavy atom. The van der Waals surface area contributed by atoms with Crippen molar-refractivity contribution >= 4 is 40.1 Å². The van der Waals surface area contributed by atoms with Crippen LogP contribution in [0.1, 0.15) is 79.5 Å². The third kappa shape index (κ3) is 7.26. The van der Waals surface area contributed by atoms with E-state index in [-0.39, 0.29) is 46.2 Å². The first kappa shape index (κ1) is 37.9. The minimum absolute atomic E-state index is 0.0337. The molecule has 5 aromatic rings. The maximum atomic E-state index is 15.4. The maximum Gasteiger partial charge on any atom is 0.293 e. The highest BCUT2D eigenvalue weighted by atomic mass is 35.5. The van der Waals surface area contributed by atoms with Crippen LogP contribution in [0.5, 0.6) is 0 Å². The standard InChI is InChI=1S/C38H32ClF6N7O3/c1-17(53)46-36-30-26(39)8-7-23(33(30)51(4)50-36)22-6-5-21(9-10-37(2,3)55)47-31(22)27(13-18-11-19(40)14-20(41)12-18)48-28(54)16-52-34-29(32(49-52)35(42)43)24-15-25(24)38(34,44)45/h5-8,11-12,14,24-25,27,35,55H,13,15-16H2,1-4H3,(H,48,54)(H,46,50,53)/t24-,25-,27+/m1/s1. The summed E-state index contributed by atoms with van der Waals surface area (Å²) in [7, 11) is 1.61. The van der Waals surface area contributed by atoms with Crippen molar-refractivity contribution in [2.75, 3.05) is 5.32 Å². The summed E-state index contributed by atoms with van der Waals surface area (Å²) >= 11 is 6.61. The Labute approximate surface area is 314 Å². The van der Waals surface area contributed by atoms with Crippen molar-refractivity contribution in [3.8, 4) is 23.0 Å². The molecule has 10 nitrogen and oxygen atoms in total. The van der Waals surface area contributed by atoms with Gasteiger partial charge < -0.3 is 15.7 Å². The van der Waals surface area contributed by atoms with Gasteiger partial charge in [0.05, 0.1) is 27.7 Å². The van der Waals surface area contributed by atoms with Gasteiger partial charge in [0.25, 0.3) is 12.3 Å². The van der Waals surface area contributed by atoms with Gasteiger partial charge in [-0.15, -0.1) is 0 Å². The number of nitrogens with zero attached hydrogens (tertiary/aromatic N) is 5. The zero-order valence-electron chi connectivity index (χ0n) is 29.6. The number of alkyl halides is 4. The first-order chi connectivity index (χ1) is 25.8. The summed E-state index contributed by atoms with van der Waals surface area (Å²) in [6.07, 6.45) is -3.42. The van der Waals surface area contributed by atoms with Crippen LogP contribution in [0.3, 0.4) is 0 Å². The number of aliphatic hydroxyl groups is 1. The highest BCUT2D eigenvalue weighted by Crippen LogP contribution is 2.68. The van der Waals surface area contributed by atoms with E-state index in [1.807, 2.05) is 0 Å². The molecular weight excluding hydrogens is 752 g/mol. The smallest absolute Gasteiger partial charge is 0.293 e. The van der Waals surface area contributed by atoms with E-state index in [1.54, 1.807) is 25.2 Å². The molecule has 2 aliphatic rings. The first-order valence-electron chi connectivity index (χ1n) is 17.0. The molecule has 2 aliphatic carbocycles. The van der Waals surface area contributed by atoms with E-state index in [0.29, 0.717) is 32.8 Å². The van der Waals surface area contributed by atoms with Gasteiger partial charge in [-0.3, -0.25) is 19.0 Å². The van der Waals surface area contributed by atoms with Gasteiger partial charge in [0.15, 0.2) is 5.82 Å². The molecule has 3 heterocycles. The lowest BCUT2D eigenvalue weighted by Gasteiger charge is -2.23. The van der Waals surface area contributed by atoms with Crippen molar-refractivity contribution < 1.29 is 41.0 Å². The molecule has 1 fully saturated rings. The number of aryl methyl sites for hydroxylation is 1. The number of hydrogen-bond donors (Lipinski definition) is 3. The Balaban J connectivity index is 1.38. The number of carbonyl (C=O) groups is 2. The number of carbonyl (C=O) groups excluding carboxylic acids is 2. The largest absolute Gasteiger partial charge is 0.378 e. The van der Waals surface area contributed by atoms with Gasteiger partial charge in [-0.1, -0.05) is 23.6 Å². The van der Waals surface area contributed by atoms with Crippen LogP contribution in [-0.2, 0) is 35.5 Å². The summed E-state index contributed by atoms with van der Waals surface area (Å²) in [4.78, 5) is 30.7. The molecule has 0 saturated heterocycles. The van der Waals surface area contributed by atoms with E-state index in [9.17, 15) is 32.3 Å². The molecule has 3 N–H and O–H groups in total. The van der Waals surface area contributed by atoms with Crippen LogP contribution in [0.15, 0.2) is 42.5 Å². The van der Waals surface area contributed by atoms with Crippen molar-refractivity contribution in [1.29, 1.82) is 0 Å². The second-order valence-electron chi connectivity index (χ2n) is 14.2. The zero-order chi connectivity index (χ0) is 39.7. The molecule has 2 amide bonds. The second-order valence-corrected chi connectivity index (χ2v) is 14.6. The number of nitrogens with one attached hydrogen (secondary N) is 2. The fourth-order valence-electron chi connectivity index (χ4n) is 7.24. The number of hydrogen-bond acceptors (Lipinski definition) is 6. The Bertz CT molecular complexity index is 2440. The van der Waals surface area contributed by atoms with Crippen LogP contribution < -0.4 is 10.6 Å². The molecular formula is C38H32ClF6N7O3. The van der Waals surface area contributed by atoms with Crippen LogP contribution in [-0.4, -0.2) is 47.1 Å². The summed E-state index contributed by atoms with van der Waals surface area (Å²) < 4.78 is 89.9. The van der Waals surface area contributed by atoms with Crippen LogP contribution in [0.2, 0.25) is 5.02 Å². The predicted octanol–water partition coefficient (Wildman–Crippen LogP) is 7.09. The average Bonchev–Trinajstić information content (AvgIpc) is 3.62. The van der Waals surface area contributed by atoms with Gasteiger partial charge >= 0.3 is 0 Å². The summed E-state index contributed by atoms with van der Waals surface area (Å²) in [5, 5.41) is 24.4. The summed E-state index contributed by atoms with van der Waals surface area (Å²) in [5.74, 6) is -3.01. The highest BCUT2D eigenvalue weighted by Gasteiger charge is 2.67. The molecule has 17 heteroatoms. The quantitative estimate of drug-likeness (QED) is 0.108. The molecule has 3 aromatic heterocycles. The Kier molecular flexibility index (Phi) is 9.45. The van der Waals surface area contributed by atoms with Gasteiger partial charge in [-0.05, 0) is 74.4 Å². The Morgan fingerprint density at radius 3 is 2.42 bits per heavy atom. The topological polar surface area (TPSA) is 127 Å². The molecule has 0 radical (unpaired) electrons. The van der Waals surface area contributed by atoms with Gasteiger partial charge in [0, 0.05) is 42.6 Å². The van der Waals surface area contributed by atoms with Crippen LogP contribution in [0.25, 0.3) is 22.0 Å². The first-order valence-corrected chi connectivity index (χ1v) is 17.4. The number of fused-ring (bicyclic) bond motifs is 4. The lowest BCUT2D eigenvalue weighted by Crippen LogP contribution is -2.35. The van der Waals surface area contributed by atoms with Crippen LogP contribution in [0.4, 0.5) is 32.2 Å². The number of rotatable bonds is 9. The fraction of sp³-hybridized carbons (Fsp3) is 0.342. The number of anilines is 1. The Hall–Kier alpha value is -5.40. The second kappa shape index (κ2) is 13.7. The van der Waals surface area contributed by atoms with Crippen molar-refractivity contribution in [1.82, 2.24) is 29.9 Å². The molecule has 55 heavy (non-hydrogen) atoms. The summed E-state index contributed by atoms with van der Waals surface area (Å²) in [6.45, 7) is 3.31. The van der Waals surface area contributed by atoms with E-state index in [2.05, 4.69) is 32.7 Å². The third-order valence-corrected chi connectivity index (χ3v) is 9.75. The molecule has 286 valence electrons. The van der Waals surface area contributed by atoms with Gasteiger partial charge in [-0.2, -0.15) is 19.0 Å². The SMILES string of the molecule is CC(=O)Nc1nn(C)c2c(-c3ccc(C#CC(C)(C)O)nc3[C@H](Cc3cc(F)cc(F)c3)NC(=O)Cn3nc(C(F)F)c4c3C(F)(F)[C@@H]3C[C@@H]43)ccc(Cl)c12. The zero-order valence-corrected chi connectivity index (χ0v) is 30.4. The molecule has 7 rings (SSSR count). The molecule has 0 bridgehead atoms. The van der Waals surface area contributed by atoms with Crippen LogP contribution >= 0.6 is 11.6 Å². The van der Waals surface area contributed by atoms with E-state index in [4.69, 9.17) is 16.6 Å². The summed E-state index contributed by atoms with van der Waals surface area (Å²) in [6, 6.07) is 7.82. The lowest BCUT2D eigenvalue weighted by atomic mass is 9.93. The van der Waals surface area contributed by atoms with E-state index in [0.717, 1.165) is 12.1 Å². The number of halogens is 7. The highest BCUT2D eigenvalue weighted by molar-refractivity contribution is 6.37. The minimum atomic E-state index is -3.49. The monoisotopic (exact) mass is 783 g/mol. The normalized spacial score (nSPS) is 17.4. The van der Waals surface area contributed by atoms with Gasteiger partial charge in [0.2, 0.25) is 11.8 Å². The Morgan fingerprint density at radius 1 is 1.07 bits per heavy atom. The molecule has 0 unspecified atom stereocenters. The van der Waals surface area contributed by atoms with E-state index >= 15 is 8.78 Å². The van der Waals surface area contributed by atoms with E-state index < -0.39 is 77.2 Å². The van der Waals surface area contributed by atoms with Crippen molar-refractivity contribution in [2.45, 2.75) is 70.1 Å². The number of aromatic nitrogens is 5. The average molecular weight is 784 g/mol. The van der Waals surface area contributed by atoms with E-state index in [1.165, 1.54) is 31.5 Å². The molecule has 0 aliphatic heterocycles. The van der Waals surface area contributed by atoms with Crippen molar-refractivity contribution in [3.63, 3.8) is 0 Å². The fourth-order valence-corrected chi connectivity index (χ4v) is 7.48. The third-order valence-electron chi connectivity index (χ3n) is 9.43. The summed E-state index contributed by atoms with van der Waals surface area (Å²) in [5.41, 5.74) is -1.76. The number of amides is 2.